The Morgan fingerprint density at radius 1 is 1.29 bits per heavy atom. The van der Waals surface area contributed by atoms with Gasteiger partial charge in [0.2, 0.25) is 11.8 Å². The van der Waals surface area contributed by atoms with E-state index in [1.807, 2.05) is 13.8 Å². The number of carboxylic acids is 1. The first-order valence-corrected chi connectivity index (χ1v) is 7.58. The van der Waals surface area contributed by atoms with Crippen LogP contribution in [0.15, 0.2) is 0 Å². The molecule has 1 N–H and O–H groups in total. The second-order valence-corrected chi connectivity index (χ2v) is 6.76. The highest BCUT2D eigenvalue weighted by Crippen LogP contribution is 2.32. The Balaban J connectivity index is 2.13. The number of hydrogen-bond donors (Lipinski definition) is 1. The first-order valence-electron chi connectivity index (χ1n) is 7.58. The van der Waals surface area contributed by atoms with Gasteiger partial charge in [-0.3, -0.25) is 14.4 Å². The summed E-state index contributed by atoms with van der Waals surface area (Å²) in [6.07, 6.45) is 1.76. The molecule has 2 aliphatic heterocycles. The lowest BCUT2D eigenvalue weighted by molar-refractivity contribution is -0.149. The second-order valence-electron chi connectivity index (χ2n) is 6.76. The molecule has 0 aliphatic carbocycles. The molecule has 2 heterocycles. The Morgan fingerprint density at radius 3 is 2.38 bits per heavy atom. The number of carboxylic acid groups (broad SMARTS) is 1. The van der Waals surface area contributed by atoms with E-state index in [0.717, 1.165) is 6.42 Å². The van der Waals surface area contributed by atoms with Gasteiger partial charge >= 0.3 is 5.97 Å². The maximum Gasteiger partial charge on any atom is 0.311 e. The molecular weight excluding hydrogens is 272 g/mol. The van der Waals surface area contributed by atoms with Gasteiger partial charge in [-0.05, 0) is 25.7 Å². The van der Waals surface area contributed by atoms with E-state index >= 15 is 0 Å². The zero-order chi connectivity index (χ0) is 15.8. The van der Waals surface area contributed by atoms with Gasteiger partial charge in [0.05, 0.1) is 5.41 Å². The van der Waals surface area contributed by atoms with E-state index in [1.165, 1.54) is 0 Å². The van der Waals surface area contributed by atoms with Gasteiger partial charge in [0.15, 0.2) is 0 Å². The highest BCUT2D eigenvalue weighted by molar-refractivity contribution is 5.89. The van der Waals surface area contributed by atoms with Crippen LogP contribution in [-0.4, -0.2) is 58.4 Å². The van der Waals surface area contributed by atoms with E-state index in [2.05, 4.69) is 0 Å². The van der Waals surface area contributed by atoms with Crippen molar-refractivity contribution in [2.24, 2.45) is 11.3 Å². The number of likely N-dealkylation sites (tertiary alicyclic amines) is 2. The summed E-state index contributed by atoms with van der Waals surface area (Å²) in [6, 6.07) is -0.462. The Bertz CT molecular complexity index is 463. The number of aliphatic carboxylic acids is 1. The van der Waals surface area contributed by atoms with E-state index in [1.54, 1.807) is 16.7 Å². The van der Waals surface area contributed by atoms with Gasteiger partial charge in [0.1, 0.15) is 6.04 Å². The minimum atomic E-state index is -0.869. The smallest absolute Gasteiger partial charge is 0.311 e. The fourth-order valence-electron chi connectivity index (χ4n) is 3.25. The summed E-state index contributed by atoms with van der Waals surface area (Å²) < 4.78 is 0. The lowest BCUT2D eigenvalue weighted by Crippen LogP contribution is -2.51. The Kier molecular flexibility index (Phi) is 4.25. The summed E-state index contributed by atoms with van der Waals surface area (Å²) in [5, 5.41) is 9.27. The van der Waals surface area contributed by atoms with Gasteiger partial charge in [0.25, 0.3) is 0 Å². The molecule has 21 heavy (non-hydrogen) atoms. The molecule has 0 bridgehead atoms. The molecule has 2 atom stereocenters. The van der Waals surface area contributed by atoms with Crippen molar-refractivity contribution in [3.63, 3.8) is 0 Å². The number of carbonyl (C=O) groups is 3. The number of rotatable bonds is 4. The first-order chi connectivity index (χ1) is 9.76. The maximum absolute atomic E-state index is 12.8. The molecule has 0 radical (unpaired) electrons. The zero-order valence-electron chi connectivity index (χ0n) is 13.0. The molecule has 0 aromatic carbocycles. The molecule has 0 saturated carbocycles. The molecular formula is C15H24N2O4. The fraction of sp³-hybridized carbons (Fsp3) is 0.800. The van der Waals surface area contributed by atoms with E-state index in [9.17, 15) is 19.5 Å². The van der Waals surface area contributed by atoms with E-state index < -0.39 is 17.4 Å². The largest absolute Gasteiger partial charge is 0.481 e. The van der Waals surface area contributed by atoms with Gasteiger partial charge < -0.3 is 14.9 Å². The van der Waals surface area contributed by atoms with Crippen LogP contribution in [0.2, 0.25) is 0 Å². The Hall–Kier alpha value is -1.59. The van der Waals surface area contributed by atoms with Crippen LogP contribution in [0.5, 0.6) is 0 Å². The minimum absolute atomic E-state index is 0.0243. The summed E-state index contributed by atoms with van der Waals surface area (Å²) in [4.78, 5) is 39.3. The third-order valence-corrected chi connectivity index (χ3v) is 4.63. The molecule has 0 spiro atoms. The Morgan fingerprint density at radius 2 is 1.95 bits per heavy atom. The van der Waals surface area contributed by atoms with Crippen LogP contribution in [0, 0.1) is 11.3 Å². The Labute approximate surface area is 125 Å². The predicted octanol–water partition coefficient (Wildman–Crippen LogP) is 0.957. The number of hydrogen-bond acceptors (Lipinski definition) is 3. The average molecular weight is 296 g/mol. The summed E-state index contributed by atoms with van der Waals surface area (Å²) in [5.74, 6) is -0.917. The standard InChI is InChI=1S/C15H24N2O4/c1-10(2)12(17-7-4-5-11(17)18)13(19)16-8-6-15(3,9-16)14(20)21/h10,12H,4-9H2,1-3H3,(H,20,21). The molecule has 2 fully saturated rings. The topological polar surface area (TPSA) is 77.9 Å². The van der Waals surface area contributed by atoms with Crippen LogP contribution in [-0.2, 0) is 14.4 Å². The molecule has 0 aromatic heterocycles. The maximum atomic E-state index is 12.8. The average Bonchev–Trinajstić information content (AvgIpc) is 2.97. The quantitative estimate of drug-likeness (QED) is 0.838. The molecule has 2 unspecified atom stereocenters. The highest BCUT2D eigenvalue weighted by atomic mass is 16.4. The number of nitrogens with zero attached hydrogens (tertiary/aromatic N) is 2. The molecule has 2 rings (SSSR count). The molecule has 0 aromatic rings. The van der Waals surface area contributed by atoms with Gasteiger partial charge in [-0.2, -0.15) is 0 Å². The van der Waals surface area contributed by atoms with Crippen LogP contribution in [0.3, 0.4) is 0 Å². The van der Waals surface area contributed by atoms with E-state index in [0.29, 0.717) is 25.9 Å². The predicted molar refractivity (Wildman–Crippen MR) is 76.5 cm³/mol. The number of amides is 2. The summed E-state index contributed by atoms with van der Waals surface area (Å²) in [6.45, 7) is 6.84. The number of carbonyl (C=O) groups excluding carboxylic acids is 2. The van der Waals surface area contributed by atoms with Crippen molar-refractivity contribution in [2.75, 3.05) is 19.6 Å². The highest BCUT2D eigenvalue weighted by Gasteiger charge is 2.45. The molecule has 6 nitrogen and oxygen atoms in total. The van der Waals surface area contributed by atoms with Crippen molar-refractivity contribution in [1.82, 2.24) is 9.80 Å². The van der Waals surface area contributed by atoms with Crippen LogP contribution < -0.4 is 0 Å². The first kappa shape index (κ1) is 15.8. The fourth-order valence-corrected chi connectivity index (χ4v) is 3.25. The molecule has 6 heteroatoms. The second kappa shape index (κ2) is 5.66. The van der Waals surface area contributed by atoms with Crippen LogP contribution in [0.1, 0.15) is 40.0 Å². The normalized spacial score (nSPS) is 27.5. The van der Waals surface area contributed by atoms with Crippen molar-refractivity contribution in [3.8, 4) is 0 Å². The van der Waals surface area contributed by atoms with Gasteiger partial charge in [-0.25, -0.2) is 0 Å². The lowest BCUT2D eigenvalue weighted by atomic mass is 9.90. The van der Waals surface area contributed by atoms with Crippen LogP contribution in [0.25, 0.3) is 0 Å². The van der Waals surface area contributed by atoms with Crippen molar-refractivity contribution in [1.29, 1.82) is 0 Å². The van der Waals surface area contributed by atoms with Crippen molar-refractivity contribution < 1.29 is 19.5 Å². The van der Waals surface area contributed by atoms with Crippen molar-refractivity contribution in [3.05, 3.63) is 0 Å². The van der Waals surface area contributed by atoms with Gasteiger partial charge in [0, 0.05) is 26.1 Å². The molecule has 2 amide bonds. The van der Waals surface area contributed by atoms with E-state index in [-0.39, 0.29) is 24.3 Å². The van der Waals surface area contributed by atoms with Gasteiger partial charge in [-0.15, -0.1) is 0 Å². The SMILES string of the molecule is CC(C)C(C(=O)N1CCC(C)(C(=O)O)C1)N1CCCC1=O. The molecule has 2 saturated heterocycles. The monoisotopic (exact) mass is 296 g/mol. The van der Waals surface area contributed by atoms with Crippen LogP contribution in [0.4, 0.5) is 0 Å². The third kappa shape index (κ3) is 2.89. The van der Waals surface area contributed by atoms with Crippen molar-refractivity contribution in [2.45, 2.75) is 46.1 Å². The minimum Gasteiger partial charge on any atom is -0.481 e. The van der Waals surface area contributed by atoms with Gasteiger partial charge in [-0.1, -0.05) is 13.8 Å². The lowest BCUT2D eigenvalue weighted by Gasteiger charge is -2.33. The zero-order valence-corrected chi connectivity index (χ0v) is 13.0. The summed E-state index contributed by atoms with van der Waals surface area (Å²) in [5.41, 5.74) is -0.869. The summed E-state index contributed by atoms with van der Waals surface area (Å²) in [7, 11) is 0. The molecule has 2 aliphatic rings. The van der Waals surface area contributed by atoms with E-state index in [4.69, 9.17) is 0 Å². The molecule has 118 valence electrons. The summed E-state index contributed by atoms with van der Waals surface area (Å²) >= 11 is 0. The third-order valence-electron chi connectivity index (χ3n) is 4.63. The van der Waals surface area contributed by atoms with Crippen LogP contribution >= 0.6 is 0 Å². The van der Waals surface area contributed by atoms with Crippen molar-refractivity contribution >= 4 is 17.8 Å².